The lowest BCUT2D eigenvalue weighted by Crippen LogP contribution is -2.52. The Morgan fingerprint density at radius 1 is 1.10 bits per heavy atom. The van der Waals surface area contributed by atoms with Crippen LogP contribution in [0.4, 0.5) is 4.79 Å². The van der Waals surface area contributed by atoms with Gasteiger partial charge in [0.2, 0.25) is 0 Å². The molecule has 0 N–H and O–H groups in total. The maximum atomic E-state index is 12.9. The van der Waals surface area contributed by atoms with E-state index in [4.69, 9.17) is 0 Å². The number of nitrogens with zero attached hydrogens (tertiary/aromatic N) is 2. The molecule has 2 amide bonds. The zero-order valence-corrected chi connectivity index (χ0v) is 13.4. The summed E-state index contributed by atoms with van der Waals surface area (Å²) in [6.45, 7) is 1.95. The lowest BCUT2D eigenvalue weighted by atomic mass is 9.86. The Morgan fingerprint density at radius 3 is 2.43 bits per heavy atom. The minimum Gasteiger partial charge on any atom is -0.325 e. The van der Waals surface area contributed by atoms with Gasteiger partial charge < -0.3 is 9.80 Å². The molecule has 4 heterocycles. The number of fused-ring (bicyclic) bond motifs is 2. The third-order valence-corrected chi connectivity index (χ3v) is 6.30. The van der Waals surface area contributed by atoms with Crippen LogP contribution in [0.1, 0.15) is 56.4 Å². The van der Waals surface area contributed by atoms with Crippen molar-refractivity contribution in [2.24, 2.45) is 0 Å². The molecule has 0 saturated carbocycles. The van der Waals surface area contributed by atoms with Gasteiger partial charge in [0, 0.05) is 25.2 Å². The molecule has 3 nitrogen and oxygen atoms in total. The van der Waals surface area contributed by atoms with Crippen LogP contribution in [0.2, 0.25) is 0 Å². The van der Waals surface area contributed by atoms with Gasteiger partial charge in [-0.05, 0) is 73.3 Å². The van der Waals surface area contributed by atoms with Gasteiger partial charge >= 0.3 is 6.03 Å². The fraction of sp³-hybridized carbons (Fsp3) is 0.706. The molecule has 0 spiro atoms. The molecule has 3 aliphatic rings. The van der Waals surface area contributed by atoms with E-state index in [-0.39, 0.29) is 0 Å². The Balaban J connectivity index is 1.47. The van der Waals surface area contributed by atoms with E-state index in [1.54, 1.807) is 11.3 Å². The van der Waals surface area contributed by atoms with Crippen LogP contribution in [0, 0.1) is 0 Å². The van der Waals surface area contributed by atoms with E-state index in [2.05, 4.69) is 26.6 Å². The van der Waals surface area contributed by atoms with Crippen molar-refractivity contribution in [3.8, 4) is 0 Å². The lowest BCUT2D eigenvalue weighted by molar-refractivity contribution is 0.0991. The van der Waals surface area contributed by atoms with Crippen molar-refractivity contribution in [1.29, 1.82) is 0 Å². The number of thiophene rings is 1. The fourth-order valence-electron chi connectivity index (χ4n) is 4.52. The number of rotatable bonds is 1. The summed E-state index contributed by atoms with van der Waals surface area (Å²) in [6, 6.07) is 3.59. The van der Waals surface area contributed by atoms with Gasteiger partial charge in [-0.2, -0.15) is 11.3 Å². The zero-order chi connectivity index (χ0) is 14.2. The molecule has 2 bridgehead atoms. The summed E-state index contributed by atoms with van der Waals surface area (Å²) in [5, 5.41) is 4.48. The highest BCUT2D eigenvalue weighted by Gasteiger charge is 2.44. The Bertz CT molecular complexity index is 481. The summed E-state index contributed by atoms with van der Waals surface area (Å²) < 4.78 is 0. The average Bonchev–Trinajstić information content (AvgIpc) is 3.14. The summed E-state index contributed by atoms with van der Waals surface area (Å²) in [5.74, 6) is 0.680. The van der Waals surface area contributed by atoms with Crippen LogP contribution in [0.25, 0.3) is 0 Å². The first kappa shape index (κ1) is 13.6. The standard InChI is InChI=1S/C17H24N2OS/c20-17(18-7-2-1-3-8-18)19-15-4-5-16(19)11-14(10-15)13-6-9-21-12-13/h6,9,12,14-16H,1-5,7-8,10-11H2/t15-,16-/m1/s1. The van der Waals surface area contributed by atoms with Crippen molar-refractivity contribution in [1.82, 2.24) is 9.80 Å². The summed E-state index contributed by atoms with van der Waals surface area (Å²) in [5.41, 5.74) is 1.50. The van der Waals surface area contributed by atoms with Gasteiger partial charge in [-0.15, -0.1) is 0 Å². The largest absolute Gasteiger partial charge is 0.325 e. The maximum absolute atomic E-state index is 12.9. The average molecular weight is 304 g/mol. The van der Waals surface area contributed by atoms with Crippen molar-refractivity contribution in [3.63, 3.8) is 0 Å². The van der Waals surface area contributed by atoms with Gasteiger partial charge in [-0.25, -0.2) is 4.79 Å². The van der Waals surface area contributed by atoms with Gasteiger partial charge in [0.1, 0.15) is 0 Å². The minimum atomic E-state index is 0.339. The molecular formula is C17H24N2OS. The highest BCUT2D eigenvalue weighted by atomic mass is 32.1. The van der Waals surface area contributed by atoms with E-state index in [1.807, 2.05) is 0 Å². The first-order chi connectivity index (χ1) is 10.3. The summed E-state index contributed by atoms with van der Waals surface area (Å²) in [6.07, 6.45) is 8.44. The molecule has 0 aliphatic carbocycles. The SMILES string of the molecule is O=C(N1CCCCC1)N1[C@@H]2CC[C@@H]1CC(c1ccsc1)C2. The number of piperidine rings is 2. The van der Waals surface area contributed by atoms with E-state index in [1.165, 1.54) is 50.5 Å². The van der Waals surface area contributed by atoms with Crippen LogP contribution < -0.4 is 0 Å². The van der Waals surface area contributed by atoms with E-state index < -0.39 is 0 Å². The van der Waals surface area contributed by atoms with Gasteiger partial charge in [-0.3, -0.25) is 0 Å². The van der Waals surface area contributed by atoms with Gasteiger partial charge in [0.25, 0.3) is 0 Å². The van der Waals surface area contributed by atoms with Crippen LogP contribution in [0.5, 0.6) is 0 Å². The van der Waals surface area contributed by atoms with Crippen molar-refractivity contribution >= 4 is 17.4 Å². The molecular weight excluding hydrogens is 280 g/mol. The molecule has 4 heteroatoms. The number of amides is 2. The smallest absolute Gasteiger partial charge is 0.320 e. The Morgan fingerprint density at radius 2 is 1.81 bits per heavy atom. The fourth-order valence-corrected chi connectivity index (χ4v) is 5.26. The molecule has 3 saturated heterocycles. The highest BCUT2D eigenvalue weighted by Crippen LogP contribution is 2.44. The maximum Gasteiger partial charge on any atom is 0.320 e. The van der Waals surface area contributed by atoms with Gasteiger partial charge in [0.15, 0.2) is 0 Å². The van der Waals surface area contributed by atoms with E-state index in [0.29, 0.717) is 24.0 Å². The van der Waals surface area contributed by atoms with Crippen molar-refractivity contribution < 1.29 is 4.79 Å². The quantitative estimate of drug-likeness (QED) is 0.767. The molecule has 114 valence electrons. The predicted molar refractivity (Wildman–Crippen MR) is 85.8 cm³/mol. The van der Waals surface area contributed by atoms with Crippen LogP contribution in [-0.4, -0.2) is 41.0 Å². The topological polar surface area (TPSA) is 23.6 Å². The minimum absolute atomic E-state index is 0.339. The summed E-state index contributed by atoms with van der Waals surface area (Å²) in [4.78, 5) is 17.2. The van der Waals surface area contributed by atoms with Crippen molar-refractivity contribution in [3.05, 3.63) is 22.4 Å². The van der Waals surface area contributed by atoms with E-state index >= 15 is 0 Å². The predicted octanol–water partition coefficient (Wildman–Crippen LogP) is 4.06. The van der Waals surface area contributed by atoms with Crippen LogP contribution in [0.3, 0.4) is 0 Å². The lowest BCUT2D eigenvalue weighted by Gasteiger charge is -2.42. The van der Waals surface area contributed by atoms with Crippen LogP contribution >= 0.6 is 11.3 Å². The van der Waals surface area contributed by atoms with Crippen molar-refractivity contribution in [2.45, 2.75) is 62.9 Å². The molecule has 3 aliphatic heterocycles. The number of urea groups is 1. The monoisotopic (exact) mass is 304 g/mol. The number of carbonyl (C=O) groups excluding carboxylic acids is 1. The number of likely N-dealkylation sites (tertiary alicyclic amines) is 1. The molecule has 1 aromatic rings. The second-order valence-corrected chi connectivity index (χ2v) is 7.63. The second kappa shape index (κ2) is 5.64. The molecule has 0 unspecified atom stereocenters. The Hall–Kier alpha value is -1.03. The molecule has 2 atom stereocenters. The molecule has 0 aromatic carbocycles. The number of carbonyl (C=O) groups is 1. The molecule has 1 aromatic heterocycles. The summed E-state index contributed by atoms with van der Waals surface area (Å²) >= 11 is 1.80. The molecule has 21 heavy (non-hydrogen) atoms. The zero-order valence-electron chi connectivity index (χ0n) is 12.5. The van der Waals surface area contributed by atoms with E-state index in [9.17, 15) is 4.79 Å². The second-order valence-electron chi connectivity index (χ2n) is 6.85. The summed E-state index contributed by atoms with van der Waals surface area (Å²) in [7, 11) is 0. The number of hydrogen-bond acceptors (Lipinski definition) is 2. The Kier molecular flexibility index (Phi) is 3.66. The van der Waals surface area contributed by atoms with Gasteiger partial charge in [-0.1, -0.05) is 0 Å². The highest BCUT2D eigenvalue weighted by molar-refractivity contribution is 7.07. The van der Waals surface area contributed by atoms with Crippen LogP contribution in [-0.2, 0) is 0 Å². The third-order valence-electron chi connectivity index (χ3n) is 5.60. The molecule has 4 rings (SSSR count). The first-order valence-corrected chi connectivity index (χ1v) is 9.36. The van der Waals surface area contributed by atoms with Crippen molar-refractivity contribution in [2.75, 3.05) is 13.1 Å². The normalized spacial score (nSPS) is 32.5. The van der Waals surface area contributed by atoms with E-state index in [0.717, 1.165) is 13.1 Å². The molecule has 0 radical (unpaired) electrons. The number of hydrogen-bond donors (Lipinski definition) is 0. The first-order valence-electron chi connectivity index (χ1n) is 8.42. The Labute approximate surface area is 130 Å². The molecule has 3 fully saturated rings. The third kappa shape index (κ3) is 2.48. The van der Waals surface area contributed by atoms with Gasteiger partial charge in [0.05, 0.1) is 0 Å². The van der Waals surface area contributed by atoms with Crippen LogP contribution in [0.15, 0.2) is 16.8 Å².